The van der Waals surface area contributed by atoms with Crippen molar-refractivity contribution in [3.05, 3.63) is 78.9 Å². The smallest absolute Gasteiger partial charge is 0.229 e. The molecule has 4 aromatic rings. The Labute approximate surface area is 175 Å². The number of hydrogen-bond acceptors (Lipinski definition) is 6. The second-order valence-corrected chi connectivity index (χ2v) is 8.70. The number of anilines is 2. The third kappa shape index (κ3) is 4.90. The number of nitrogens with zero attached hydrogens (tertiary/aromatic N) is 3. The zero-order valence-electron chi connectivity index (χ0n) is 16.4. The first-order valence-corrected chi connectivity index (χ1v) is 11.3. The Morgan fingerprint density at radius 3 is 2.57 bits per heavy atom. The predicted molar refractivity (Wildman–Crippen MR) is 120 cm³/mol. The van der Waals surface area contributed by atoms with Crippen molar-refractivity contribution in [2.75, 3.05) is 22.8 Å². The summed E-state index contributed by atoms with van der Waals surface area (Å²) in [5.41, 5.74) is 4.19. The first-order chi connectivity index (χ1) is 14.5. The van der Waals surface area contributed by atoms with Gasteiger partial charge in [-0.2, -0.15) is 0 Å². The second kappa shape index (κ2) is 8.46. The van der Waals surface area contributed by atoms with Crippen LogP contribution in [0.5, 0.6) is 0 Å². The molecule has 0 bridgehead atoms. The Hall–Kier alpha value is -3.52. The highest BCUT2D eigenvalue weighted by atomic mass is 32.2. The highest BCUT2D eigenvalue weighted by molar-refractivity contribution is 7.92. The number of sulfonamides is 1. The van der Waals surface area contributed by atoms with Crippen LogP contribution in [0.4, 0.5) is 11.5 Å². The van der Waals surface area contributed by atoms with Gasteiger partial charge < -0.3 is 5.32 Å². The molecule has 7 nitrogen and oxygen atoms in total. The Morgan fingerprint density at radius 1 is 0.933 bits per heavy atom. The van der Waals surface area contributed by atoms with Crippen molar-refractivity contribution >= 4 is 32.4 Å². The molecule has 0 amide bonds. The Morgan fingerprint density at radius 2 is 1.77 bits per heavy atom. The standard InChI is InChI=1S/C22H21N5O2S/c1-30(28,29)27-19-11-18(13-23-14-19)17-7-8-21-20(12-17)22(26-15-25-21)24-10-9-16-5-3-2-4-6-16/h2-8,11-15,27H,9-10H2,1H3,(H,24,25,26). The van der Waals surface area contributed by atoms with Crippen LogP contribution in [0.25, 0.3) is 22.0 Å². The fourth-order valence-electron chi connectivity index (χ4n) is 3.21. The van der Waals surface area contributed by atoms with E-state index in [1.54, 1.807) is 18.6 Å². The first-order valence-electron chi connectivity index (χ1n) is 9.44. The maximum Gasteiger partial charge on any atom is 0.229 e. The lowest BCUT2D eigenvalue weighted by molar-refractivity contribution is 0.607. The number of aromatic nitrogens is 3. The molecule has 0 radical (unpaired) electrons. The van der Waals surface area contributed by atoms with Gasteiger partial charge in [0.25, 0.3) is 0 Å². The van der Waals surface area contributed by atoms with Crippen LogP contribution in [0, 0.1) is 0 Å². The molecule has 4 rings (SSSR count). The van der Waals surface area contributed by atoms with Crippen LogP contribution in [0.15, 0.2) is 73.3 Å². The lowest BCUT2D eigenvalue weighted by atomic mass is 10.0. The average molecular weight is 420 g/mol. The molecule has 0 unspecified atom stereocenters. The van der Waals surface area contributed by atoms with Crippen molar-refractivity contribution in [2.45, 2.75) is 6.42 Å². The maximum absolute atomic E-state index is 11.5. The second-order valence-electron chi connectivity index (χ2n) is 6.95. The van der Waals surface area contributed by atoms with Gasteiger partial charge in [-0.1, -0.05) is 36.4 Å². The molecule has 0 aliphatic carbocycles. The molecule has 8 heteroatoms. The van der Waals surface area contributed by atoms with Crippen LogP contribution in [-0.2, 0) is 16.4 Å². The molecule has 2 N–H and O–H groups in total. The molecule has 0 fully saturated rings. The lowest BCUT2D eigenvalue weighted by Crippen LogP contribution is -2.09. The summed E-state index contributed by atoms with van der Waals surface area (Å²) in [5, 5.41) is 4.29. The number of hydrogen-bond donors (Lipinski definition) is 2. The molecule has 0 saturated heterocycles. The Kier molecular flexibility index (Phi) is 5.58. The quantitative estimate of drug-likeness (QED) is 0.474. The number of fused-ring (bicyclic) bond motifs is 1. The fraction of sp³-hybridized carbons (Fsp3) is 0.136. The highest BCUT2D eigenvalue weighted by Crippen LogP contribution is 2.28. The van der Waals surface area contributed by atoms with Gasteiger partial charge in [-0.25, -0.2) is 18.4 Å². The molecule has 0 aliphatic rings. The highest BCUT2D eigenvalue weighted by Gasteiger charge is 2.08. The maximum atomic E-state index is 11.5. The Bertz CT molecular complexity index is 1280. The molecule has 0 saturated carbocycles. The van der Waals surface area contributed by atoms with Crippen LogP contribution in [0.3, 0.4) is 0 Å². The molecular formula is C22H21N5O2S. The van der Waals surface area contributed by atoms with Crippen LogP contribution in [0.2, 0.25) is 0 Å². The van der Waals surface area contributed by atoms with E-state index in [-0.39, 0.29) is 0 Å². The van der Waals surface area contributed by atoms with Gasteiger partial charge in [0, 0.05) is 23.7 Å². The summed E-state index contributed by atoms with van der Waals surface area (Å²) < 4.78 is 25.5. The summed E-state index contributed by atoms with van der Waals surface area (Å²) in [5.74, 6) is 0.760. The minimum absolute atomic E-state index is 0.417. The van der Waals surface area contributed by atoms with E-state index in [2.05, 4.69) is 37.1 Å². The number of pyridine rings is 1. The van der Waals surface area contributed by atoms with Gasteiger partial charge in [0.2, 0.25) is 10.0 Å². The van der Waals surface area contributed by atoms with Gasteiger partial charge in [0.1, 0.15) is 12.1 Å². The van der Waals surface area contributed by atoms with Gasteiger partial charge in [-0.3, -0.25) is 9.71 Å². The van der Waals surface area contributed by atoms with E-state index in [9.17, 15) is 8.42 Å². The fourth-order valence-corrected chi connectivity index (χ4v) is 3.75. The minimum Gasteiger partial charge on any atom is -0.369 e. The van der Waals surface area contributed by atoms with E-state index in [4.69, 9.17) is 0 Å². The predicted octanol–water partition coefficient (Wildman–Crippen LogP) is 3.72. The summed E-state index contributed by atoms with van der Waals surface area (Å²) in [4.78, 5) is 12.9. The molecule has 2 aromatic heterocycles. The zero-order valence-corrected chi connectivity index (χ0v) is 17.2. The van der Waals surface area contributed by atoms with Crippen LogP contribution < -0.4 is 10.0 Å². The molecule has 0 aliphatic heterocycles. The topological polar surface area (TPSA) is 96.9 Å². The van der Waals surface area contributed by atoms with Gasteiger partial charge in [-0.15, -0.1) is 0 Å². The van der Waals surface area contributed by atoms with E-state index in [1.165, 1.54) is 11.8 Å². The Balaban J connectivity index is 1.60. The summed E-state index contributed by atoms with van der Waals surface area (Å²) in [6, 6.07) is 17.9. The van der Waals surface area contributed by atoms with Crippen LogP contribution in [-0.4, -0.2) is 36.2 Å². The summed E-state index contributed by atoms with van der Waals surface area (Å²) in [6.45, 7) is 0.746. The van der Waals surface area contributed by atoms with E-state index in [0.717, 1.165) is 47.1 Å². The zero-order chi connectivity index (χ0) is 21.0. The molecule has 30 heavy (non-hydrogen) atoms. The number of benzene rings is 2. The van der Waals surface area contributed by atoms with Crippen molar-refractivity contribution in [2.24, 2.45) is 0 Å². The van der Waals surface area contributed by atoms with E-state index < -0.39 is 10.0 Å². The van der Waals surface area contributed by atoms with Crippen molar-refractivity contribution in [3.8, 4) is 11.1 Å². The summed E-state index contributed by atoms with van der Waals surface area (Å²) in [6.07, 6.45) is 6.72. The van der Waals surface area contributed by atoms with Gasteiger partial charge in [0.05, 0.1) is 23.7 Å². The summed E-state index contributed by atoms with van der Waals surface area (Å²) in [7, 11) is -3.37. The molecule has 0 atom stereocenters. The molecule has 152 valence electrons. The van der Waals surface area contributed by atoms with Gasteiger partial charge in [-0.05, 0) is 35.7 Å². The van der Waals surface area contributed by atoms with Gasteiger partial charge >= 0.3 is 0 Å². The largest absolute Gasteiger partial charge is 0.369 e. The van der Waals surface area contributed by atoms with E-state index in [1.807, 2.05) is 36.4 Å². The molecular weight excluding hydrogens is 398 g/mol. The molecule has 2 heterocycles. The van der Waals surface area contributed by atoms with Crippen LogP contribution >= 0.6 is 0 Å². The van der Waals surface area contributed by atoms with Crippen molar-refractivity contribution in [1.29, 1.82) is 0 Å². The summed E-state index contributed by atoms with van der Waals surface area (Å²) >= 11 is 0. The van der Waals surface area contributed by atoms with E-state index in [0.29, 0.717) is 5.69 Å². The number of nitrogens with one attached hydrogen (secondary N) is 2. The lowest BCUT2D eigenvalue weighted by Gasteiger charge is -2.11. The monoisotopic (exact) mass is 419 g/mol. The van der Waals surface area contributed by atoms with Crippen LogP contribution in [0.1, 0.15) is 5.56 Å². The normalized spacial score (nSPS) is 11.4. The van der Waals surface area contributed by atoms with Crippen molar-refractivity contribution < 1.29 is 8.42 Å². The number of rotatable bonds is 7. The molecule has 0 spiro atoms. The molecule has 2 aromatic carbocycles. The van der Waals surface area contributed by atoms with E-state index >= 15 is 0 Å². The first kappa shape index (κ1) is 19.8. The average Bonchev–Trinajstić information content (AvgIpc) is 2.73. The SMILES string of the molecule is CS(=O)(=O)Nc1cncc(-c2ccc3ncnc(NCCc4ccccc4)c3c2)c1. The third-order valence-electron chi connectivity index (χ3n) is 4.56. The third-order valence-corrected chi connectivity index (χ3v) is 5.17. The van der Waals surface area contributed by atoms with Crippen molar-refractivity contribution in [1.82, 2.24) is 15.0 Å². The van der Waals surface area contributed by atoms with Gasteiger partial charge in [0.15, 0.2) is 0 Å². The van der Waals surface area contributed by atoms with Crippen molar-refractivity contribution in [3.63, 3.8) is 0 Å². The minimum atomic E-state index is -3.37.